The van der Waals surface area contributed by atoms with Gasteiger partial charge in [0.05, 0.1) is 37.6 Å². The molecule has 0 aromatic heterocycles. The fourth-order valence-electron chi connectivity index (χ4n) is 4.19. The van der Waals surface area contributed by atoms with E-state index in [1.54, 1.807) is 0 Å². The van der Waals surface area contributed by atoms with Gasteiger partial charge in [-0.25, -0.2) is 0 Å². The van der Waals surface area contributed by atoms with Crippen molar-refractivity contribution in [3.8, 4) is 5.75 Å². The second-order valence-electron chi connectivity index (χ2n) is 8.01. The summed E-state index contributed by atoms with van der Waals surface area (Å²) in [5.74, 6) is 0.982. The van der Waals surface area contributed by atoms with Gasteiger partial charge >= 0.3 is 0 Å². The van der Waals surface area contributed by atoms with Gasteiger partial charge in [-0.1, -0.05) is 0 Å². The molecule has 29 heavy (non-hydrogen) atoms. The number of nitrogens with zero attached hydrogens (tertiary/aromatic N) is 3. The van der Waals surface area contributed by atoms with Gasteiger partial charge in [0, 0.05) is 31.9 Å². The largest absolute Gasteiger partial charge is 0.494 e. The summed E-state index contributed by atoms with van der Waals surface area (Å²) in [6, 6.07) is 8.77. The van der Waals surface area contributed by atoms with E-state index >= 15 is 0 Å². The standard InChI is InChI=1S/C22H32N4O3/c1-18-4-2-9-24(18)10-3-13-29-21-7-5-20(6-8-21)26-17-19(16-23-26)22(27)25-11-14-28-15-12-25/h5-8,16,18,23H,2-4,9-15,17H2,1H3/t18-/m1/s1. The zero-order valence-corrected chi connectivity index (χ0v) is 17.3. The minimum Gasteiger partial charge on any atom is -0.494 e. The van der Waals surface area contributed by atoms with Crippen LogP contribution < -0.4 is 15.2 Å². The fraction of sp³-hybridized carbons (Fsp3) is 0.591. The third-order valence-electron chi connectivity index (χ3n) is 5.99. The van der Waals surface area contributed by atoms with Crippen LogP contribution in [0, 0.1) is 0 Å². The Labute approximate surface area is 173 Å². The van der Waals surface area contributed by atoms with Gasteiger partial charge in [-0.3, -0.25) is 9.80 Å². The molecule has 7 heteroatoms. The molecule has 7 nitrogen and oxygen atoms in total. The zero-order chi connectivity index (χ0) is 20.1. The van der Waals surface area contributed by atoms with Gasteiger partial charge < -0.3 is 24.7 Å². The highest BCUT2D eigenvalue weighted by molar-refractivity contribution is 5.95. The van der Waals surface area contributed by atoms with E-state index in [4.69, 9.17) is 9.47 Å². The molecule has 0 unspecified atom stereocenters. The van der Waals surface area contributed by atoms with E-state index in [1.807, 2.05) is 40.4 Å². The van der Waals surface area contributed by atoms with Crippen molar-refractivity contribution in [1.82, 2.24) is 15.2 Å². The number of anilines is 1. The minimum atomic E-state index is 0.0931. The van der Waals surface area contributed by atoms with Crippen molar-refractivity contribution in [2.24, 2.45) is 0 Å². The lowest BCUT2D eigenvalue weighted by Gasteiger charge is -2.27. The van der Waals surface area contributed by atoms with Gasteiger partial charge in [-0.15, -0.1) is 0 Å². The van der Waals surface area contributed by atoms with Crippen LogP contribution in [0.2, 0.25) is 0 Å². The number of ether oxygens (including phenoxy) is 2. The van der Waals surface area contributed by atoms with Crippen molar-refractivity contribution >= 4 is 11.6 Å². The van der Waals surface area contributed by atoms with Crippen molar-refractivity contribution in [3.63, 3.8) is 0 Å². The van der Waals surface area contributed by atoms with Gasteiger partial charge in [0.1, 0.15) is 5.75 Å². The van der Waals surface area contributed by atoms with Gasteiger partial charge in [-0.05, 0) is 57.0 Å². The van der Waals surface area contributed by atoms with Crippen LogP contribution in [0.3, 0.4) is 0 Å². The van der Waals surface area contributed by atoms with E-state index in [-0.39, 0.29) is 5.91 Å². The number of hydrazine groups is 1. The highest BCUT2D eigenvalue weighted by Gasteiger charge is 2.25. The Morgan fingerprint density at radius 3 is 2.72 bits per heavy atom. The minimum absolute atomic E-state index is 0.0931. The summed E-state index contributed by atoms with van der Waals surface area (Å²) >= 11 is 0. The normalized spacial score (nSPS) is 22.5. The van der Waals surface area contributed by atoms with E-state index in [9.17, 15) is 4.79 Å². The van der Waals surface area contributed by atoms with Crippen LogP contribution in [0.4, 0.5) is 5.69 Å². The average molecular weight is 401 g/mol. The van der Waals surface area contributed by atoms with Crippen LogP contribution in [0.25, 0.3) is 0 Å². The molecule has 1 amide bonds. The topological polar surface area (TPSA) is 57.3 Å². The monoisotopic (exact) mass is 400 g/mol. The molecule has 4 rings (SSSR count). The maximum Gasteiger partial charge on any atom is 0.253 e. The average Bonchev–Trinajstić information content (AvgIpc) is 3.41. The summed E-state index contributed by atoms with van der Waals surface area (Å²) in [6.45, 7) is 8.52. The number of nitrogens with one attached hydrogen (secondary N) is 1. The summed E-state index contributed by atoms with van der Waals surface area (Å²) in [5.41, 5.74) is 5.00. The lowest BCUT2D eigenvalue weighted by Crippen LogP contribution is -2.42. The molecule has 0 bridgehead atoms. The van der Waals surface area contributed by atoms with Crippen LogP contribution in [0.15, 0.2) is 36.0 Å². The van der Waals surface area contributed by atoms with Crippen LogP contribution in [-0.4, -0.2) is 74.3 Å². The molecule has 0 spiro atoms. The Morgan fingerprint density at radius 2 is 2.00 bits per heavy atom. The predicted molar refractivity (Wildman–Crippen MR) is 113 cm³/mol. The number of rotatable bonds is 7. The molecular weight excluding hydrogens is 368 g/mol. The number of amides is 1. The summed E-state index contributed by atoms with van der Waals surface area (Å²) in [4.78, 5) is 17.0. The number of benzene rings is 1. The summed E-state index contributed by atoms with van der Waals surface area (Å²) < 4.78 is 11.2. The highest BCUT2D eigenvalue weighted by atomic mass is 16.5. The van der Waals surface area contributed by atoms with E-state index in [0.717, 1.165) is 42.6 Å². The zero-order valence-electron chi connectivity index (χ0n) is 17.3. The maximum absolute atomic E-state index is 12.6. The summed E-state index contributed by atoms with van der Waals surface area (Å²) in [6.07, 6.45) is 5.50. The van der Waals surface area contributed by atoms with E-state index in [0.29, 0.717) is 32.8 Å². The SMILES string of the molecule is C[C@@H]1CCCN1CCCOc1ccc(N2CC(C(=O)N3CCOCC3)=CN2)cc1. The molecule has 0 aliphatic carbocycles. The molecule has 1 atom stereocenters. The Morgan fingerprint density at radius 1 is 1.21 bits per heavy atom. The molecule has 0 radical (unpaired) electrons. The molecule has 2 fully saturated rings. The van der Waals surface area contributed by atoms with Crippen LogP contribution in [0.5, 0.6) is 5.75 Å². The molecule has 3 aliphatic heterocycles. The Kier molecular flexibility index (Phi) is 6.56. The van der Waals surface area contributed by atoms with E-state index < -0.39 is 0 Å². The van der Waals surface area contributed by atoms with Crippen molar-refractivity contribution in [3.05, 3.63) is 36.0 Å². The third kappa shape index (κ3) is 5.03. The summed E-state index contributed by atoms with van der Waals surface area (Å²) in [5, 5.41) is 1.98. The Hall–Kier alpha value is -2.25. The summed E-state index contributed by atoms with van der Waals surface area (Å²) in [7, 11) is 0. The predicted octanol–water partition coefficient (Wildman–Crippen LogP) is 2.01. The van der Waals surface area contributed by atoms with E-state index in [2.05, 4.69) is 17.2 Å². The van der Waals surface area contributed by atoms with Crippen molar-refractivity contribution in [2.75, 3.05) is 57.6 Å². The number of likely N-dealkylation sites (tertiary alicyclic amines) is 1. The quantitative estimate of drug-likeness (QED) is 0.707. The number of carbonyl (C=O) groups excluding carboxylic acids is 1. The number of hydrogen-bond donors (Lipinski definition) is 1. The van der Waals surface area contributed by atoms with Crippen molar-refractivity contribution in [2.45, 2.75) is 32.2 Å². The smallest absolute Gasteiger partial charge is 0.253 e. The molecule has 1 aromatic rings. The first kappa shape index (κ1) is 20.0. The van der Waals surface area contributed by atoms with Gasteiger partial charge in [0.25, 0.3) is 5.91 Å². The molecule has 1 aromatic carbocycles. The lowest BCUT2D eigenvalue weighted by molar-refractivity contribution is -0.131. The Bertz CT molecular complexity index is 715. The number of morpholine rings is 1. The molecule has 3 aliphatic rings. The van der Waals surface area contributed by atoms with Gasteiger partial charge in [0.15, 0.2) is 0 Å². The molecule has 3 heterocycles. The molecule has 1 N–H and O–H groups in total. The van der Waals surface area contributed by atoms with Gasteiger partial charge in [0.2, 0.25) is 0 Å². The fourth-order valence-corrected chi connectivity index (χ4v) is 4.19. The lowest BCUT2D eigenvalue weighted by atomic mass is 10.2. The number of carbonyl (C=O) groups is 1. The van der Waals surface area contributed by atoms with Crippen LogP contribution in [-0.2, 0) is 9.53 Å². The molecule has 158 valence electrons. The van der Waals surface area contributed by atoms with Gasteiger partial charge in [-0.2, -0.15) is 0 Å². The molecule has 2 saturated heterocycles. The second kappa shape index (κ2) is 9.50. The van der Waals surface area contributed by atoms with Crippen LogP contribution in [0.1, 0.15) is 26.2 Å². The Balaban J connectivity index is 1.21. The second-order valence-corrected chi connectivity index (χ2v) is 8.01. The van der Waals surface area contributed by atoms with Crippen molar-refractivity contribution in [1.29, 1.82) is 0 Å². The first-order valence-electron chi connectivity index (χ1n) is 10.8. The van der Waals surface area contributed by atoms with Crippen LogP contribution >= 0.6 is 0 Å². The first-order valence-corrected chi connectivity index (χ1v) is 10.8. The maximum atomic E-state index is 12.6. The third-order valence-corrected chi connectivity index (χ3v) is 5.99. The highest BCUT2D eigenvalue weighted by Crippen LogP contribution is 2.22. The number of hydrogen-bond acceptors (Lipinski definition) is 6. The molecular formula is C22H32N4O3. The van der Waals surface area contributed by atoms with Crippen molar-refractivity contribution < 1.29 is 14.3 Å². The molecule has 0 saturated carbocycles. The van der Waals surface area contributed by atoms with E-state index in [1.165, 1.54) is 19.4 Å². The first-order chi connectivity index (χ1) is 14.2.